The highest BCUT2D eigenvalue weighted by molar-refractivity contribution is 7.14. The van der Waals surface area contributed by atoms with E-state index in [9.17, 15) is 18.4 Å². The summed E-state index contributed by atoms with van der Waals surface area (Å²) >= 11 is 1.11. The van der Waals surface area contributed by atoms with Crippen molar-refractivity contribution in [1.82, 2.24) is 4.98 Å². The molecule has 0 aliphatic rings. The lowest BCUT2D eigenvalue weighted by Gasteiger charge is -2.09. The van der Waals surface area contributed by atoms with E-state index >= 15 is 0 Å². The van der Waals surface area contributed by atoms with Crippen LogP contribution in [0.5, 0.6) is 5.75 Å². The van der Waals surface area contributed by atoms with Gasteiger partial charge in [0, 0.05) is 5.38 Å². The normalized spacial score (nSPS) is 10.5. The molecule has 0 aliphatic carbocycles. The molecule has 0 spiro atoms. The maximum atomic E-state index is 12.4. The third-order valence-electron chi connectivity index (χ3n) is 2.75. The molecule has 9 heteroatoms. The number of rotatable bonds is 7. The van der Waals surface area contributed by atoms with Crippen molar-refractivity contribution in [1.29, 1.82) is 0 Å². The first-order chi connectivity index (χ1) is 11.5. The maximum absolute atomic E-state index is 12.4. The molecule has 0 bridgehead atoms. The number of aromatic nitrogens is 1. The first-order valence-electron chi connectivity index (χ1n) is 6.94. The fourth-order valence-electron chi connectivity index (χ4n) is 1.82. The van der Waals surface area contributed by atoms with Crippen molar-refractivity contribution in [3.63, 3.8) is 0 Å². The summed E-state index contributed by atoms with van der Waals surface area (Å²) in [4.78, 5) is 27.7. The third kappa shape index (κ3) is 4.98. The number of halogens is 2. The molecule has 2 aromatic rings. The molecular formula is C15H14F2N2O4S. The van der Waals surface area contributed by atoms with Crippen LogP contribution in [0.15, 0.2) is 29.6 Å². The van der Waals surface area contributed by atoms with Crippen LogP contribution in [-0.2, 0) is 16.0 Å². The van der Waals surface area contributed by atoms with Gasteiger partial charge in [0.1, 0.15) is 5.75 Å². The van der Waals surface area contributed by atoms with Gasteiger partial charge in [0.15, 0.2) is 5.13 Å². The molecule has 0 atom stereocenters. The highest BCUT2D eigenvalue weighted by Crippen LogP contribution is 2.23. The average molecular weight is 356 g/mol. The number of carbonyl (C=O) groups excluding carboxylic acids is 2. The number of ether oxygens (including phenoxy) is 2. The molecule has 128 valence electrons. The Bertz CT molecular complexity index is 721. The third-order valence-corrected chi connectivity index (χ3v) is 3.56. The number of benzene rings is 1. The van der Waals surface area contributed by atoms with Crippen molar-refractivity contribution >= 4 is 28.3 Å². The second-order valence-corrected chi connectivity index (χ2v) is 5.31. The Morgan fingerprint density at radius 2 is 2.08 bits per heavy atom. The minimum Gasteiger partial charge on any atom is -0.466 e. The average Bonchev–Trinajstić information content (AvgIpc) is 2.94. The second kappa shape index (κ2) is 8.34. The van der Waals surface area contributed by atoms with Crippen LogP contribution in [-0.4, -0.2) is 30.1 Å². The number of para-hydroxylation sites is 1. The molecule has 0 radical (unpaired) electrons. The lowest BCUT2D eigenvalue weighted by Crippen LogP contribution is -2.15. The SMILES string of the molecule is CCOC(=O)Cc1csc(NC(=O)c2ccccc2OC(F)F)n1. The summed E-state index contributed by atoms with van der Waals surface area (Å²) < 4.78 is 33.9. The molecule has 0 saturated heterocycles. The zero-order valence-electron chi connectivity index (χ0n) is 12.6. The predicted molar refractivity (Wildman–Crippen MR) is 83.5 cm³/mol. The van der Waals surface area contributed by atoms with Crippen molar-refractivity contribution in [2.45, 2.75) is 20.0 Å². The number of esters is 1. The van der Waals surface area contributed by atoms with E-state index < -0.39 is 18.5 Å². The Morgan fingerprint density at radius 1 is 1.33 bits per heavy atom. The second-order valence-electron chi connectivity index (χ2n) is 4.45. The van der Waals surface area contributed by atoms with Crippen LogP contribution in [0.2, 0.25) is 0 Å². The molecule has 6 nitrogen and oxygen atoms in total. The van der Waals surface area contributed by atoms with Crippen LogP contribution in [0.4, 0.5) is 13.9 Å². The molecular weight excluding hydrogens is 342 g/mol. The summed E-state index contributed by atoms with van der Waals surface area (Å²) in [6.07, 6.45) is -0.00864. The minimum absolute atomic E-state index is 0.00864. The fourth-order valence-corrected chi connectivity index (χ4v) is 2.53. The van der Waals surface area contributed by atoms with Gasteiger partial charge in [0.05, 0.1) is 24.3 Å². The lowest BCUT2D eigenvalue weighted by atomic mass is 10.2. The smallest absolute Gasteiger partial charge is 0.387 e. The molecule has 1 amide bonds. The van der Waals surface area contributed by atoms with Gasteiger partial charge in [-0.3, -0.25) is 14.9 Å². The van der Waals surface area contributed by atoms with E-state index in [4.69, 9.17) is 4.74 Å². The molecule has 1 aromatic heterocycles. The summed E-state index contributed by atoms with van der Waals surface area (Å²) in [6, 6.07) is 5.64. The van der Waals surface area contributed by atoms with E-state index in [2.05, 4.69) is 15.0 Å². The fraction of sp³-hybridized carbons (Fsp3) is 0.267. The van der Waals surface area contributed by atoms with Gasteiger partial charge in [0.25, 0.3) is 5.91 Å². The van der Waals surface area contributed by atoms with Gasteiger partial charge < -0.3 is 9.47 Å². The molecule has 2 rings (SSSR count). The van der Waals surface area contributed by atoms with Gasteiger partial charge in [-0.05, 0) is 19.1 Å². The summed E-state index contributed by atoms with van der Waals surface area (Å²) in [5, 5.41) is 4.34. The molecule has 1 N–H and O–H groups in total. The number of nitrogens with one attached hydrogen (secondary N) is 1. The van der Waals surface area contributed by atoms with Crippen molar-refractivity contribution in [3.05, 3.63) is 40.9 Å². The first-order valence-corrected chi connectivity index (χ1v) is 7.82. The Kier molecular flexibility index (Phi) is 6.19. The monoisotopic (exact) mass is 356 g/mol. The molecule has 0 saturated carbocycles. The van der Waals surface area contributed by atoms with E-state index in [1.165, 1.54) is 24.3 Å². The van der Waals surface area contributed by atoms with E-state index in [1.807, 2.05) is 0 Å². The van der Waals surface area contributed by atoms with Crippen LogP contribution >= 0.6 is 11.3 Å². The van der Waals surface area contributed by atoms with Gasteiger partial charge in [-0.1, -0.05) is 12.1 Å². The molecule has 24 heavy (non-hydrogen) atoms. The zero-order chi connectivity index (χ0) is 17.5. The quantitative estimate of drug-likeness (QED) is 0.772. The Labute approximate surface area is 140 Å². The van der Waals surface area contributed by atoms with E-state index in [0.29, 0.717) is 5.69 Å². The van der Waals surface area contributed by atoms with Gasteiger partial charge in [0.2, 0.25) is 0 Å². The van der Waals surface area contributed by atoms with Crippen molar-refractivity contribution in [3.8, 4) is 5.75 Å². The topological polar surface area (TPSA) is 77.5 Å². The van der Waals surface area contributed by atoms with Crippen LogP contribution in [0.3, 0.4) is 0 Å². The van der Waals surface area contributed by atoms with Gasteiger partial charge >= 0.3 is 12.6 Å². The molecule has 0 unspecified atom stereocenters. The lowest BCUT2D eigenvalue weighted by molar-refractivity contribution is -0.142. The van der Waals surface area contributed by atoms with E-state index in [-0.39, 0.29) is 29.5 Å². The largest absolute Gasteiger partial charge is 0.466 e. The minimum atomic E-state index is -3.03. The Balaban J connectivity index is 2.05. The molecule has 1 heterocycles. The van der Waals surface area contributed by atoms with Gasteiger partial charge in [-0.2, -0.15) is 8.78 Å². The van der Waals surface area contributed by atoms with Crippen molar-refractivity contribution in [2.24, 2.45) is 0 Å². The summed E-state index contributed by atoms with van der Waals surface area (Å²) in [6.45, 7) is -1.06. The highest BCUT2D eigenvalue weighted by atomic mass is 32.1. The number of thiazole rings is 1. The molecule has 1 aromatic carbocycles. The van der Waals surface area contributed by atoms with Crippen LogP contribution in [0.25, 0.3) is 0 Å². The number of alkyl halides is 2. The predicted octanol–water partition coefficient (Wildman–Crippen LogP) is 3.10. The summed E-state index contributed by atoms with van der Waals surface area (Å²) in [5.74, 6) is -1.28. The zero-order valence-corrected chi connectivity index (χ0v) is 13.4. The summed E-state index contributed by atoms with van der Waals surface area (Å²) in [5.41, 5.74) is 0.408. The number of carbonyl (C=O) groups is 2. The molecule has 0 aliphatic heterocycles. The maximum Gasteiger partial charge on any atom is 0.387 e. The van der Waals surface area contributed by atoms with E-state index in [1.54, 1.807) is 12.3 Å². The van der Waals surface area contributed by atoms with Gasteiger partial charge in [-0.15, -0.1) is 11.3 Å². The van der Waals surface area contributed by atoms with Crippen molar-refractivity contribution < 1.29 is 27.8 Å². The molecule has 0 fully saturated rings. The Morgan fingerprint density at radius 3 is 2.79 bits per heavy atom. The standard InChI is InChI=1S/C15H14F2N2O4S/c1-2-22-12(20)7-9-8-24-15(18-9)19-13(21)10-5-3-4-6-11(10)23-14(16)17/h3-6,8,14H,2,7H2,1H3,(H,18,19,21). The highest BCUT2D eigenvalue weighted by Gasteiger charge is 2.17. The first kappa shape index (κ1) is 17.8. The van der Waals surface area contributed by atoms with E-state index in [0.717, 1.165) is 11.3 Å². The number of hydrogen-bond acceptors (Lipinski definition) is 6. The van der Waals surface area contributed by atoms with Crippen LogP contribution in [0.1, 0.15) is 23.0 Å². The van der Waals surface area contributed by atoms with Crippen molar-refractivity contribution in [2.75, 3.05) is 11.9 Å². The number of anilines is 1. The van der Waals surface area contributed by atoms with Gasteiger partial charge in [-0.25, -0.2) is 4.98 Å². The van der Waals surface area contributed by atoms with Crippen LogP contribution < -0.4 is 10.1 Å². The van der Waals surface area contributed by atoms with Crippen LogP contribution in [0, 0.1) is 0 Å². The Hall–Kier alpha value is -2.55. The number of hydrogen-bond donors (Lipinski definition) is 1. The number of nitrogens with zero attached hydrogens (tertiary/aromatic N) is 1. The summed E-state index contributed by atoms with van der Waals surface area (Å²) in [7, 11) is 0. The number of amides is 1.